The highest BCUT2D eigenvalue weighted by atomic mass is 19.4. The second kappa shape index (κ2) is 7.40. The molecule has 172 valence electrons. The summed E-state index contributed by atoms with van der Waals surface area (Å²) in [6.45, 7) is 6.07. The molecule has 2 aliphatic rings. The van der Waals surface area contributed by atoms with E-state index >= 15 is 0 Å². The molecule has 3 heterocycles. The maximum Gasteiger partial charge on any atom is 0.417 e. The fourth-order valence-corrected chi connectivity index (χ4v) is 4.63. The highest BCUT2D eigenvalue weighted by molar-refractivity contribution is 5.94. The Morgan fingerprint density at radius 3 is 2.55 bits per heavy atom. The van der Waals surface area contributed by atoms with Crippen molar-refractivity contribution in [3.63, 3.8) is 0 Å². The van der Waals surface area contributed by atoms with E-state index in [1.165, 1.54) is 6.07 Å². The van der Waals surface area contributed by atoms with Crippen LogP contribution < -0.4 is 5.32 Å². The van der Waals surface area contributed by atoms with Crippen LogP contribution in [0.4, 0.5) is 13.2 Å². The van der Waals surface area contributed by atoms with Gasteiger partial charge in [0, 0.05) is 23.9 Å². The molecule has 3 aromatic rings. The van der Waals surface area contributed by atoms with E-state index in [9.17, 15) is 18.0 Å². The Labute approximate surface area is 189 Å². The normalized spacial score (nSPS) is 20.2. The van der Waals surface area contributed by atoms with E-state index < -0.39 is 11.7 Å². The topological polar surface area (TPSA) is 72.7 Å². The van der Waals surface area contributed by atoms with Gasteiger partial charge in [-0.2, -0.15) is 18.3 Å². The van der Waals surface area contributed by atoms with E-state index in [2.05, 4.69) is 20.4 Å². The van der Waals surface area contributed by atoms with E-state index in [-0.39, 0.29) is 29.1 Å². The van der Waals surface area contributed by atoms with Crippen molar-refractivity contribution in [2.24, 2.45) is 11.3 Å². The van der Waals surface area contributed by atoms with Crippen LogP contribution in [0.5, 0.6) is 0 Å². The molecule has 0 aromatic carbocycles. The lowest BCUT2D eigenvalue weighted by atomic mass is 9.84. The van der Waals surface area contributed by atoms with Crippen molar-refractivity contribution in [2.45, 2.75) is 51.7 Å². The lowest BCUT2D eigenvalue weighted by Gasteiger charge is -2.30. The molecule has 0 unspecified atom stereocenters. The number of alkyl halides is 3. The fraction of sp³-hybridized carbons (Fsp3) is 0.417. The van der Waals surface area contributed by atoms with E-state index in [1.807, 2.05) is 39.0 Å². The molecule has 0 radical (unpaired) electrons. The van der Waals surface area contributed by atoms with Gasteiger partial charge < -0.3 is 5.32 Å². The van der Waals surface area contributed by atoms with Crippen LogP contribution in [0.15, 0.2) is 42.7 Å². The third-order valence-corrected chi connectivity index (χ3v) is 6.40. The summed E-state index contributed by atoms with van der Waals surface area (Å²) >= 11 is 0. The average molecular weight is 455 g/mol. The predicted molar refractivity (Wildman–Crippen MR) is 115 cm³/mol. The Morgan fingerprint density at radius 2 is 1.94 bits per heavy atom. The van der Waals surface area contributed by atoms with Gasteiger partial charge in [0.1, 0.15) is 0 Å². The Bertz CT molecular complexity index is 1200. The summed E-state index contributed by atoms with van der Waals surface area (Å²) in [4.78, 5) is 21.8. The molecule has 5 rings (SSSR count). The first-order chi connectivity index (χ1) is 15.5. The highest BCUT2D eigenvalue weighted by Crippen LogP contribution is 2.57. The standard InChI is InChI=1S/C24H24F3N5O/c1-23(2,3)21(17-6-4-5-9-28-17)30-22(33)19-16-11-13-10-15(13)20(16)32(31-19)18-8-7-14(12-29-18)24(25,26)27/h4-9,12-13,15,21H,10-11H2,1-3H3,(H,30,33)/t13-,15-,21+/m1/s1. The van der Waals surface area contributed by atoms with E-state index in [4.69, 9.17) is 0 Å². The Hall–Kier alpha value is -3.23. The first-order valence-corrected chi connectivity index (χ1v) is 10.9. The van der Waals surface area contributed by atoms with Gasteiger partial charge in [0.05, 0.1) is 23.0 Å². The lowest BCUT2D eigenvalue weighted by molar-refractivity contribution is -0.137. The molecule has 1 saturated carbocycles. The van der Waals surface area contributed by atoms with Crippen molar-refractivity contribution in [1.82, 2.24) is 25.1 Å². The number of amides is 1. The van der Waals surface area contributed by atoms with Crippen LogP contribution >= 0.6 is 0 Å². The number of fused-ring (bicyclic) bond motifs is 3. The summed E-state index contributed by atoms with van der Waals surface area (Å²) in [5, 5.41) is 7.64. The van der Waals surface area contributed by atoms with Crippen LogP contribution in [0.2, 0.25) is 0 Å². The second-order valence-corrected chi connectivity index (χ2v) is 9.86. The fourth-order valence-electron chi connectivity index (χ4n) is 4.63. The smallest absolute Gasteiger partial charge is 0.342 e. The molecule has 3 atom stereocenters. The van der Waals surface area contributed by atoms with Gasteiger partial charge in [-0.15, -0.1) is 0 Å². The molecule has 2 aliphatic carbocycles. The molecule has 0 aliphatic heterocycles. The first kappa shape index (κ1) is 21.6. The molecule has 0 bridgehead atoms. The molecule has 33 heavy (non-hydrogen) atoms. The Kier molecular flexibility index (Phi) is 4.84. The van der Waals surface area contributed by atoms with Crippen LogP contribution in [0, 0.1) is 11.3 Å². The van der Waals surface area contributed by atoms with Gasteiger partial charge in [0.2, 0.25) is 0 Å². The first-order valence-electron chi connectivity index (χ1n) is 10.9. The molecule has 1 fully saturated rings. The van der Waals surface area contributed by atoms with Crippen molar-refractivity contribution in [3.8, 4) is 5.82 Å². The summed E-state index contributed by atoms with van der Waals surface area (Å²) < 4.78 is 40.4. The van der Waals surface area contributed by atoms with Gasteiger partial charge in [0.25, 0.3) is 5.91 Å². The van der Waals surface area contributed by atoms with Crippen LogP contribution in [0.1, 0.15) is 72.2 Å². The number of nitrogens with zero attached hydrogens (tertiary/aromatic N) is 4. The van der Waals surface area contributed by atoms with Crippen molar-refractivity contribution in [2.75, 3.05) is 0 Å². The predicted octanol–water partition coefficient (Wildman–Crippen LogP) is 4.86. The molecule has 3 aromatic heterocycles. The number of carbonyl (C=O) groups excluding carboxylic acids is 1. The van der Waals surface area contributed by atoms with Gasteiger partial charge >= 0.3 is 6.18 Å². The third kappa shape index (κ3) is 3.89. The van der Waals surface area contributed by atoms with Gasteiger partial charge in [-0.3, -0.25) is 9.78 Å². The Balaban J connectivity index is 1.50. The van der Waals surface area contributed by atoms with Gasteiger partial charge in [-0.1, -0.05) is 26.8 Å². The number of pyridine rings is 2. The maximum absolute atomic E-state index is 13.4. The molecular formula is C24H24F3N5O. The van der Waals surface area contributed by atoms with E-state index in [0.717, 1.165) is 42.1 Å². The average Bonchev–Trinajstić information content (AvgIpc) is 3.26. The largest absolute Gasteiger partial charge is 0.417 e. The number of hydrogen-bond donors (Lipinski definition) is 1. The summed E-state index contributed by atoms with van der Waals surface area (Å²) in [7, 11) is 0. The molecule has 0 saturated heterocycles. The zero-order valence-corrected chi connectivity index (χ0v) is 18.5. The third-order valence-electron chi connectivity index (χ3n) is 6.40. The zero-order valence-electron chi connectivity index (χ0n) is 18.5. The Morgan fingerprint density at radius 1 is 1.15 bits per heavy atom. The molecular weight excluding hydrogens is 431 g/mol. The van der Waals surface area contributed by atoms with Crippen LogP contribution in [0.25, 0.3) is 5.82 Å². The number of halogens is 3. The number of nitrogens with one attached hydrogen (secondary N) is 1. The molecule has 9 heteroatoms. The number of rotatable bonds is 4. The minimum Gasteiger partial charge on any atom is -0.342 e. The zero-order chi connectivity index (χ0) is 23.5. The monoisotopic (exact) mass is 455 g/mol. The van der Waals surface area contributed by atoms with Gasteiger partial charge in [0.15, 0.2) is 11.5 Å². The van der Waals surface area contributed by atoms with Crippen molar-refractivity contribution in [3.05, 3.63) is 70.9 Å². The van der Waals surface area contributed by atoms with Crippen molar-refractivity contribution >= 4 is 5.91 Å². The minimum absolute atomic E-state index is 0.271. The lowest BCUT2D eigenvalue weighted by Crippen LogP contribution is -2.37. The molecule has 6 nitrogen and oxygen atoms in total. The highest BCUT2D eigenvalue weighted by Gasteiger charge is 2.50. The summed E-state index contributed by atoms with van der Waals surface area (Å²) in [5.41, 5.74) is 1.70. The number of hydrogen-bond acceptors (Lipinski definition) is 4. The molecule has 1 N–H and O–H groups in total. The summed E-state index contributed by atoms with van der Waals surface area (Å²) in [6.07, 6.45) is -0.223. The van der Waals surface area contributed by atoms with Crippen molar-refractivity contribution in [1.29, 1.82) is 0 Å². The number of carbonyl (C=O) groups is 1. The number of aromatic nitrogens is 4. The quantitative estimate of drug-likeness (QED) is 0.610. The SMILES string of the molecule is CC(C)(C)[C@@H](NC(=O)c1nn(-c2ccc(C(F)(F)F)cn2)c2c1C[C@H]1C[C@@H]21)c1ccccn1. The summed E-state index contributed by atoms with van der Waals surface area (Å²) in [5.74, 6) is 0.693. The van der Waals surface area contributed by atoms with E-state index in [1.54, 1.807) is 10.9 Å². The van der Waals surface area contributed by atoms with Crippen LogP contribution in [0.3, 0.4) is 0 Å². The van der Waals surface area contributed by atoms with Crippen LogP contribution in [-0.4, -0.2) is 25.7 Å². The van der Waals surface area contributed by atoms with Crippen LogP contribution in [-0.2, 0) is 12.6 Å². The van der Waals surface area contributed by atoms with Gasteiger partial charge in [-0.05, 0) is 48.4 Å². The molecule has 0 spiro atoms. The van der Waals surface area contributed by atoms with E-state index in [0.29, 0.717) is 11.6 Å². The summed E-state index contributed by atoms with van der Waals surface area (Å²) in [6, 6.07) is 7.53. The van der Waals surface area contributed by atoms with Crippen molar-refractivity contribution < 1.29 is 18.0 Å². The molecule has 1 amide bonds. The van der Waals surface area contributed by atoms with Gasteiger partial charge in [-0.25, -0.2) is 9.67 Å². The minimum atomic E-state index is -4.46. The second-order valence-electron chi connectivity index (χ2n) is 9.86. The maximum atomic E-state index is 13.4.